The average molecular weight is 591 g/mol. The van der Waals surface area contributed by atoms with Gasteiger partial charge in [0.2, 0.25) is 0 Å². The number of hydrogen-bond acceptors (Lipinski definition) is 0. The first-order valence-corrected chi connectivity index (χ1v) is 11.5. The molecule has 214 valence electrons. The van der Waals surface area contributed by atoms with Crippen molar-refractivity contribution in [3.8, 4) is 22.3 Å². The molecule has 5 rings (SSSR count). The molecule has 0 saturated carbocycles. The van der Waals surface area contributed by atoms with Crippen LogP contribution in [0.2, 0.25) is 0 Å². The fourth-order valence-corrected chi connectivity index (χ4v) is 4.50. The zero-order chi connectivity index (χ0) is 30.1. The lowest BCUT2D eigenvalue weighted by molar-refractivity contribution is -0.144. The molecule has 1 heterocycles. The van der Waals surface area contributed by atoms with Gasteiger partial charge in [0, 0.05) is 21.8 Å². The summed E-state index contributed by atoms with van der Waals surface area (Å²) < 4.78 is 160. The highest BCUT2D eigenvalue weighted by molar-refractivity contribution is 6.09. The van der Waals surface area contributed by atoms with Gasteiger partial charge in [0.1, 0.15) is 0 Å². The number of alkyl halides is 12. The molecule has 0 atom stereocenters. The molecule has 1 nitrogen and oxygen atoms in total. The van der Waals surface area contributed by atoms with E-state index in [9.17, 15) is 52.7 Å². The van der Waals surface area contributed by atoms with E-state index < -0.39 is 58.1 Å². The van der Waals surface area contributed by atoms with Gasteiger partial charge in [-0.1, -0.05) is 12.1 Å². The van der Waals surface area contributed by atoms with Crippen LogP contribution in [0, 0.1) is 0 Å². The molecule has 0 radical (unpaired) electrons. The Kier molecular flexibility index (Phi) is 6.35. The molecule has 0 saturated heterocycles. The number of aromatic nitrogens is 1. The number of aromatic amines is 1. The van der Waals surface area contributed by atoms with E-state index in [1.807, 2.05) is 0 Å². The second-order valence-electron chi connectivity index (χ2n) is 9.23. The van der Waals surface area contributed by atoms with Crippen LogP contribution < -0.4 is 0 Å². The average Bonchev–Trinajstić information content (AvgIpc) is 3.23. The third-order valence-corrected chi connectivity index (χ3v) is 6.44. The van der Waals surface area contributed by atoms with Crippen LogP contribution in [-0.4, -0.2) is 4.98 Å². The number of benzene rings is 4. The van der Waals surface area contributed by atoms with Crippen molar-refractivity contribution in [1.29, 1.82) is 0 Å². The second kappa shape index (κ2) is 9.18. The van der Waals surface area contributed by atoms with Crippen molar-refractivity contribution in [3.05, 3.63) is 95.1 Å². The Balaban J connectivity index is 1.70. The van der Waals surface area contributed by atoms with Crippen LogP contribution in [0.3, 0.4) is 0 Å². The van der Waals surface area contributed by atoms with Crippen molar-refractivity contribution in [3.63, 3.8) is 0 Å². The summed E-state index contributed by atoms with van der Waals surface area (Å²) in [6.07, 6.45) is -20.3. The molecule has 0 fully saturated rings. The van der Waals surface area contributed by atoms with Gasteiger partial charge < -0.3 is 4.98 Å². The third-order valence-electron chi connectivity index (χ3n) is 6.44. The van der Waals surface area contributed by atoms with Crippen molar-refractivity contribution in [2.24, 2.45) is 0 Å². The Morgan fingerprint density at radius 3 is 0.902 bits per heavy atom. The Morgan fingerprint density at radius 1 is 0.341 bits per heavy atom. The molecule has 0 unspecified atom stereocenters. The first kappa shape index (κ1) is 28.4. The lowest BCUT2D eigenvalue weighted by Crippen LogP contribution is -2.11. The van der Waals surface area contributed by atoms with Gasteiger partial charge in [-0.3, -0.25) is 0 Å². The minimum Gasteiger partial charge on any atom is -0.355 e. The number of H-pyrrole nitrogens is 1. The van der Waals surface area contributed by atoms with Crippen molar-refractivity contribution < 1.29 is 52.7 Å². The summed E-state index contributed by atoms with van der Waals surface area (Å²) >= 11 is 0. The first-order valence-electron chi connectivity index (χ1n) is 11.5. The highest BCUT2D eigenvalue weighted by Gasteiger charge is 2.38. The predicted octanol–water partition coefficient (Wildman–Crippen LogP) is 10.7. The molecular formula is C28H13F12N. The molecule has 13 heteroatoms. The van der Waals surface area contributed by atoms with E-state index in [0.717, 1.165) is 0 Å². The van der Waals surface area contributed by atoms with Crippen molar-refractivity contribution in [2.45, 2.75) is 24.7 Å². The van der Waals surface area contributed by atoms with E-state index in [0.29, 0.717) is 35.3 Å². The van der Waals surface area contributed by atoms with Crippen molar-refractivity contribution in [2.75, 3.05) is 0 Å². The van der Waals surface area contributed by atoms with E-state index in [-0.39, 0.29) is 34.0 Å². The van der Waals surface area contributed by atoms with Gasteiger partial charge in [-0.2, -0.15) is 52.7 Å². The van der Waals surface area contributed by atoms with Crippen LogP contribution in [0.1, 0.15) is 22.3 Å². The molecule has 4 aromatic carbocycles. The highest BCUT2D eigenvalue weighted by atomic mass is 19.4. The van der Waals surface area contributed by atoms with E-state index in [1.165, 1.54) is 36.4 Å². The number of hydrogen-bond donors (Lipinski definition) is 1. The minimum atomic E-state index is -5.07. The van der Waals surface area contributed by atoms with Gasteiger partial charge in [0.25, 0.3) is 0 Å². The van der Waals surface area contributed by atoms with E-state index in [4.69, 9.17) is 0 Å². The number of rotatable bonds is 2. The molecule has 0 amide bonds. The third kappa shape index (κ3) is 5.57. The Hall–Kier alpha value is -4.16. The second-order valence-corrected chi connectivity index (χ2v) is 9.23. The number of nitrogens with one attached hydrogen (secondary N) is 1. The van der Waals surface area contributed by atoms with Crippen LogP contribution in [0.5, 0.6) is 0 Å². The lowest BCUT2D eigenvalue weighted by atomic mass is 9.96. The van der Waals surface area contributed by atoms with Gasteiger partial charge >= 0.3 is 24.7 Å². The fourth-order valence-electron chi connectivity index (χ4n) is 4.50. The summed E-state index contributed by atoms with van der Waals surface area (Å²) in [5.74, 6) is 0. The zero-order valence-electron chi connectivity index (χ0n) is 20.0. The fraction of sp³-hybridized carbons (Fsp3) is 0.143. The summed E-state index contributed by atoms with van der Waals surface area (Å²) in [5.41, 5.74) is -6.17. The number of halogens is 12. The molecule has 41 heavy (non-hydrogen) atoms. The Morgan fingerprint density at radius 2 is 0.634 bits per heavy atom. The Labute approximate surface area is 222 Å². The van der Waals surface area contributed by atoms with Crippen LogP contribution in [0.4, 0.5) is 52.7 Å². The first-order chi connectivity index (χ1) is 18.8. The topological polar surface area (TPSA) is 15.8 Å². The summed E-state index contributed by atoms with van der Waals surface area (Å²) in [6.45, 7) is 0. The van der Waals surface area contributed by atoms with Gasteiger partial charge in [0.15, 0.2) is 0 Å². The molecule has 0 bridgehead atoms. The van der Waals surface area contributed by atoms with Crippen LogP contribution in [-0.2, 0) is 24.7 Å². The van der Waals surface area contributed by atoms with Gasteiger partial charge in [-0.15, -0.1) is 0 Å². The lowest BCUT2D eigenvalue weighted by Gasteiger charge is -2.15. The number of fused-ring (bicyclic) bond motifs is 3. The normalized spacial score (nSPS) is 13.4. The molecule has 0 aliphatic heterocycles. The van der Waals surface area contributed by atoms with Crippen LogP contribution in [0.25, 0.3) is 44.1 Å². The summed E-state index contributed by atoms with van der Waals surface area (Å²) in [5, 5.41) is 0.543. The van der Waals surface area contributed by atoms with Gasteiger partial charge in [-0.05, 0) is 82.9 Å². The molecule has 1 aromatic heterocycles. The van der Waals surface area contributed by atoms with E-state index in [2.05, 4.69) is 4.98 Å². The van der Waals surface area contributed by atoms with E-state index in [1.54, 1.807) is 0 Å². The predicted molar refractivity (Wildman–Crippen MR) is 127 cm³/mol. The van der Waals surface area contributed by atoms with E-state index >= 15 is 0 Å². The van der Waals surface area contributed by atoms with Crippen LogP contribution >= 0.6 is 0 Å². The summed E-state index contributed by atoms with van der Waals surface area (Å²) in [4.78, 5) is 2.96. The summed E-state index contributed by atoms with van der Waals surface area (Å²) in [7, 11) is 0. The standard InChI is InChI=1S/C28H13F12N/c29-25(30,31)17-5-15(6-18(11-17)26(32,33)34)13-1-3-23-21(9-13)22-10-14(2-4-24(22)41-23)16-7-19(27(35,36)37)12-20(8-16)28(38,39)40/h1-12,41H. The largest absolute Gasteiger partial charge is 0.416 e. The molecule has 0 aliphatic carbocycles. The smallest absolute Gasteiger partial charge is 0.355 e. The maximum atomic E-state index is 13.4. The Bertz CT molecular complexity index is 1590. The SMILES string of the molecule is FC(F)(F)c1cc(-c2ccc3[nH]c4ccc(-c5cc(C(F)(F)F)cc(C(F)(F)F)c5)cc4c3c2)cc(C(F)(F)F)c1. The monoisotopic (exact) mass is 591 g/mol. The maximum Gasteiger partial charge on any atom is 0.416 e. The maximum absolute atomic E-state index is 13.4. The van der Waals surface area contributed by atoms with Gasteiger partial charge in [-0.25, -0.2) is 0 Å². The molecule has 5 aromatic rings. The zero-order valence-corrected chi connectivity index (χ0v) is 20.0. The van der Waals surface area contributed by atoms with Crippen molar-refractivity contribution >= 4 is 21.8 Å². The quantitative estimate of drug-likeness (QED) is 0.197. The molecule has 0 aliphatic rings. The molecule has 1 N–H and O–H groups in total. The van der Waals surface area contributed by atoms with Crippen LogP contribution in [0.15, 0.2) is 72.8 Å². The minimum absolute atomic E-state index is 0.00965. The molecular weight excluding hydrogens is 578 g/mol. The molecule has 0 spiro atoms. The summed E-state index contributed by atoms with van der Waals surface area (Å²) in [6, 6.07) is 10.1. The highest BCUT2D eigenvalue weighted by Crippen LogP contribution is 2.42. The van der Waals surface area contributed by atoms with Crippen molar-refractivity contribution in [1.82, 2.24) is 4.98 Å². The van der Waals surface area contributed by atoms with Gasteiger partial charge in [0.05, 0.1) is 22.3 Å².